The van der Waals surface area contributed by atoms with Gasteiger partial charge in [-0.2, -0.15) is 13.7 Å². The maximum atomic E-state index is 12.9. The van der Waals surface area contributed by atoms with Crippen molar-refractivity contribution in [3.05, 3.63) is 80.8 Å². The van der Waals surface area contributed by atoms with Gasteiger partial charge in [-0.3, -0.25) is 9.59 Å². The van der Waals surface area contributed by atoms with Crippen molar-refractivity contribution in [1.82, 2.24) is 0 Å². The second-order valence-corrected chi connectivity index (χ2v) is 11.1. The molecule has 0 radical (unpaired) electrons. The van der Waals surface area contributed by atoms with Gasteiger partial charge in [0.25, 0.3) is 5.91 Å². The van der Waals surface area contributed by atoms with Gasteiger partial charge in [0.05, 0.1) is 11.6 Å². The summed E-state index contributed by atoms with van der Waals surface area (Å²) in [6.45, 7) is 7.04. The number of aryl methyl sites for hydroxylation is 3. The molecule has 0 spiro atoms. The van der Waals surface area contributed by atoms with Gasteiger partial charge in [0, 0.05) is 18.3 Å². The lowest BCUT2D eigenvalue weighted by Gasteiger charge is -2.14. The van der Waals surface area contributed by atoms with E-state index in [1.165, 1.54) is 56.5 Å². The van der Waals surface area contributed by atoms with Crippen LogP contribution in [0.4, 0.5) is 11.4 Å². The highest BCUT2D eigenvalue weighted by atomic mass is 79.9. The van der Waals surface area contributed by atoms with Crippen LogP contribution in [0, 0.1) is 32.1 Å². The first-order valence-electron chi connectivity index (χ1n) is 11.5. The van der Waals surface area contributed by atoms with Gasteiger partial charge in [0.2, 0.25) is 5.91 Å². The first-order chi connectivity index (χ1) is 18.3. The number of methoxy groups -OCH3 is 1. The number of carbonyl (C=O) groups is 2. The van der Waals surface area contributed by atoms with Crippen molar-refractivity contribution in [1.29, 1.82) is 5.26 Å². The molecule has 0 fully saturated rings. The number of anilines is 2. The molecule has 2 N–H and O–H groups in total. The molecular formula is C28H26BrN3O6S. The number of rotatable bonds is 8. The zero-order chi connectivity index (χ0) is 28.9. The Morgan fingerprint density at radius 1 is 1.00 bits per heavy atom. The van der Waals surface area contributed by atoms with Crippen molar-refractivity contribution in [2.75, 3.05) is 17.7 Å². The summed E-state index contributed by atoms with van der Waals surface area (Å²) in [7, 11) is -2.94. The number of hydrogen-bond acceptors (Lipinski definition) is 7. The van der Waals surface area contributed by atoms with Crippen LogP contribution in [0.2, 0.25) is 0 Å². The topological polar surface area (TPSA) is 135 Å². The lowest BCUT2D eigenvalue weighted by Crippen LogP contribution is -2.15. The maximum absolute atomic E-state index is 12.9. The Hall–Kier alpha value is -4.14. The van der Waals surface area contributed by atoms with Gasteiger partial charge in [0.15, 0.2) is 11.5 Å². The van der Waals surface area contributed by atoms with Gasteiger partial charge < -0.3 is 19.6 Å². The first kappa shape index (κ1) is 29.4. The molecule has 0 heterocycles. The summed E-state index contributed by atoms with van der Waals surface area (Å²) < 4.78 is 36.7. The molecule has 0 aliphatic carbocycles. The minimum absolute atomic E-state index is 0.0528. The van der Waals surface area contributed by atoms with Crippen LogP contribution in [0.5, 0.6) is 11.5 Å². The number of carbonyl (C=O) groups excluding carboxylic acids is 2. The van der Waals surface area contributed by atoms with Crippen molar-refractivity contribution >= 4 is 55.3 Å². The van der Waals surface area contributed by atoms with Crippen LogP contribution in [0.25, 0.3) is 6.08 Å². The Kier molecular flexibility index (Phi) is 9.16. The highest BCUT2D eigenvalue weighted by Gasteiger charge is 2.22. The van der Waals surface area contributed by atoms with Crippen LogP contribution in [0.15, 0.2) is 63.5 Å². The van der Waals surface area contributed by atoms with E-state index < -0.39 is 16.0 Å². The van der Waals surface area contributed by atoms with Crippen LogP contribution in [0.1, 0.15) is 29.2 Å². The maximum Gasteiger partial charge on any atom is 0.339 e. The van der Waals surface area contributed by atoms with Gasteiger partial charge >= 0.3 is 10.1 Å². The second-order valence-electron chi connectivity index (χ2n) is 8.67. The molecule has 3 aromatic rings. The lowest BCUT2D eigenvalue weighted by atomic mass is 10.0. The highest BCUT2D eigenvalue weighted by molar-refractivity contribution is 9.10. The Morgan fingerprint density at radius 2 is 1.62 bits per heavy atom. The van der Waals surface area contributed by atoms with E-state index in [0.717, 1.165) is 16.7 Å². The molecule has 0 unspecified atom stereocenters. The van der Waals surface area contributed by atoms with Crippen LogP contribution in [-0.4, -0.2) is 27.3 Å². The summed E-state index contributed by atoms with van der Waals surface area (Å²) in [5.74, 6) is -0.943. The number of nitrogens with one attached hydrogen (secondary N) is 2. The summed E-state index contributed by atoms with van der Waals surface area (Å²) >= 11 is 3.30. The molecule has 2 amide bonds. The number of hydrogen-bond donors (Lipinski definition) is 2. The molecule has 3 rings (SSSR count). The number of nitrogens with zero attached hydrogens (tertiary/aromatic N) is 1. The number of ether oxygens (including phenoxy) is 1. The monoisotopic (exact) mass is 611 g/mol. The molecule has 9 nitrogen and oxygen atoms in total. The molecule has 0 aromatic heterocycles. The van der Waals surface area contributed by atoms with E-state index in [1.807, 2.05) is 39.0 Å². The van der Waals surface area contributed by atoms with Gasteiger partial charge in [-0.05, 0) is 95.9 Å². The van der Waals surface area contributed by atoms with Crippen LogP contribution in [0.3, 0.4) is 0 Å². The van der Waals surface area contributed by atoms with Gasteiger partial charge in [-0.1, -0.05) is 17.7 Å². The van der Waals surface area contributed by atoms with E-state index in [4.69, 9.17) is 8.92 Å². The fourth-order valence-corrected chi connectivity index (χ4v) is 5.45. The van der Waals surface area contributed by atoms with Crippen LogP contribution in [-0.2, 0) is 19.7 Å². The van der Waals surface area contributed by atoms with Crippen molar-refractivity contribution in [3.8, 4) is 17.6 Å². The van der Waals surface area contributed by atoms with Gasteiger partial charge in [-0.15, -0.1) is 0 Å². The SMILES string of the molecule is COc1cc(/C=C(\C#N)C(=O)Nc2c(C)cc(C)cc2C)cc(Br)c1OS(=O)(=O)c1ccc(NC(C)=O)cc1. The van der Waals surface area contributed by atoms with E-state index in [-0.39, 0.29) is 32.3 Å². The summed E-state index contributed by atoms with van der Waals surface area (Å²) in [6, 6.07) is 14.2. The largest absolute Gasteiger partial charge is 0.493 e. The van der Waals surface area contributed by atoms with Crippen LogP contribution >= 0.6 is 15.9 Å². The van der Waals surface area contributed by atoms with E-state index in [2.05, 4.69) is 26.6 Å². The lowest BCUT2D eigenvalue weighted by molar-refractivity contribution is -0.114. The van der Waals surface area contributed by atoms with Crippen molar-refractivity contribution in [3.63, 3.8) is 0 Å². The fraction of sp³-hybridized carbons (Fsp3) is 0.179. The molecule has 0 atom stereocenters. The van der Waals surface area contributed by atoms with Gasteiger partial charge in [0.1, 0.15) is 16.5 Å². The number of nitriles is 1. The number of benzene rings is 3. The zero-order valence-electron chi connectivity index (χ0n) is 21.9. The molecule has 0 bridgehead atoms. The minimum atomic E-state index is -4.27. The molecule has 0 aliphatic heterocycles. The Bertz CT molecular complexity index is 1600. The summed E-state index contributed by atoms with van der Waals surface area (Å²) in [4.78, 5) is 24.0. The Morgan fingerprint density at radius 3 is 2.15 bits per heavy atom. The predicted octanol–water partition coefficient (Wildman–Crippen LogP) is 5.65. The predicted molar refractivity (Wildman–Crippen MR) is 152 cm³/mol. The van der Waals surface area contributed by atoms with Crippen molar-refractivity contribution < 1.29 is 26.9 Å². The standard InChI is InChI=1S/C28H26BrN3O6S/c1-16-10-17(2)26(18(3)11-16)32-28(34)21(15-30)12-20-13-24(29)27(25(14-20)37-5)38-39(35,36)23-8-6-22(7-9-23)31-19(4)33/h6-14H,1-5H3,(H,31,33)(H,32,34)/b21-12+. The summed E-state index contributed by atoms with van der Waals surface area (Å²) in [6.07, 6.45) is 1.36. The Balaban J connectivity index is 1.90. The number of halogens is 1. The highest BCUT2D eigenvalue weighted by Crippen LogP contribution is 2.39. The van der Waals surface area contributed by atoms with E-state index >= 15 is 0 Å². The third-order valence-corrected chi connectivity index (χ3v) is 7.32. The van der Waals surface area contributed by atoms with Gasteiger partial charge in [-0.25, -0.2) is 0 Å². The average Bonchev–Trinajstić information content (AvgIpc) is 2.85. The molecule has 0 saturated carbocycles. The molecule has 39 heavy (non-hydrogen) atoms. The normalized spacial score (nSPS) is 11.4. The molecule has 0 aliphatic rings. The molecule has 0 saturated heterocycles. The third-order valence-electron chi connectivity index (χ3n) is 5.50. The summed E-state index contributed by atoms with van der Waals surface area (Å²) in [5, 5.41) is 15.0. The molecule has 11 heteroatoms. The average molecular weight is 613 g/mol. The van der Waals surface area contributed by atoms with E-state index in [0.29, 0.717) is 16.9 Å². The van der Waals surface area contributed by atoms with Crippen molar-refractivity contribution in [2.45, 2.75) is 32.6 Å². The number of amides is 2. The summed E-state index contributed by atoms with van der Waals surface area (Å²) in [5.41, 5.74) is 4.09. The first-order valence-corrected chi connectivity index (χ1v) is 13.8. The molecule has 202 valence electrons. The minimum Gasteiger partial charge on any atom is -0.493 e. The quantitative estimate of drug-likeness (QED) is 0.191. The van der Waals surface area contributed by atoms with Crippen molar-refractivity contribution in [2.24, 2.45) is 0 Å². The molecular weight excluding hydrogens is 586 g/mol. The van der Waals surface area contributed by atoms with E-state index in [1.54, 1.807) is 0 Å². The fourth-order valence-electron chi connectivity index (χ4n) is 3.84. The second kappa shape index (κ2) is 12.1. The third kappa shape index (κ3) is 7.25. The smallest absolute Gasteiger partial charge is 0.339 e. The Labute approximate surface area is 235 Å². The van der Waals surface area contributed by atoms with Crippen LogP contribution < -0.4 is 19.6 Å². The molecule has 3 aromatic carbocycles. The van der Waals surface area contributed by atoms with E-state index in [9.17, 15) is 23.3 Å². The zero-order valence-corrected chi connectivity index (χ0v) is 24.3.